The predicted molar refractivity (Wildman–Crippen MR) is 79.4 cm³/mol. The number of benzene rings is 1. The molecule has 1 aromatic heterocycles. The molecule has 4 heteroatoms. The van der Waals surface area contributed by atoms with Crippen LogP contribution in [0.25, 0.3) is 0 Å². The first-order valence-corrected chi connectivity index (χ1v) is 6.87. The van der Waals surface area contributed by atoms with Gasteiger partial charge < -0.3 is 0 Å². The molecule has 106 valence electrons. The van der Waals surface area contributed by atoms with E-state index in [4.69, 9.17) is 0 Å². The first kappa shape index (κ1) is 14.3. The maximum atomic E-state index is 12.5. The molecule has 0 amide bonds. The zero-order chi connectivity index (χ0) is 14.9. The van der Waals surface area contributed by atoms with Gasteiger partial charge in [0, 0.05) is 18.3 Å². The van der Waals surface area contributed by atoms with Crippen molar-refractivity contribution in [3.63, 3.8) is 0 Å². The van der Waals surface area contributed by atoms with Crippen molar-refractivity contribution in [2.75, 3.05) is 0 Å². The maximum absolute atomic E-state index is 12.5. The standard InChI is InChI=1S/C16H20N2O2/c1-5-15-12(3)17(13(4)19)16(20)18(15)11(2)14-9-7-6-8-10-14/h6-11H,5H2,1-4H3/t11-/m0/s1. The lowest BCUT2D eigenvalue weighted by Crippen LogP contribution is -2.30. The highest BCUT2D eigenvalue weighted by molar-refractivity contribution is 5.77. The number of carbonyl (C=O) groups excluding carboxylic acids is 1. The normalized spacial score (nSPS) is 12.4. The van der Waals surface area contributed by atoms with Crippen LogP contribution in [0.15, 0.2) is 35.1 Å². The summed E-state index contributed by atoms with van der Waals surface area (Å²) >= 11 is 0. The van der Waals surface area contributed by atoms with Crippen LogP contribution >= 0.6 is 0 Å². The van der Waals surface area contributed by atoms with Gasteiger partial charge in [-0.15, -0.1) is 0 Å². The van der Waals surface area contributed by atoms with E-state index in [1.807, 2.05) is 51.1 Å². The summed E-state index contributed by atoms with van der Waals surface area (Å²) in [6.45, 7) is 7.24. The Kier molecular flexibility index (Phi) is 3.93. The van der Waals surface area contributed by atoms with Gasteiger partial charge in [-0.2, -0.15) is 0 Å². The van der Waals surface area contributed by atoms with E-state index >= 15 is 0 Å². The van der Waals surface area contributed by atoms with Crippen LogP contribution < -0.4 is 5.69 Å². The average molecular weight is 272 g/mol. The molecule has 1 atom stereocenters. The third-order valence-corrected chi connectivity index (χ3v) is 3.76. The summed E-state index contributed by atoms with van der Waals surface area (Å²) in [4.78, 5) is 24.2. The Morgan fingerprint density at radius 2 is 1.85 bits per heavy atom. The lowest BCUT2D eigenvalue weighted by Gasteiger charge is -2.15. The van der Waals surface area contributed by atoms with Crippen LogP contribution in [0.3, 0.4) is 0 Å². The highest BCUT2D eigenvalue weighted by Crippen LogP contribution is 2.20. The van der Waals surface area contributed by atoms with Crippen LogP contribution in [0, 0.1) is 6.92 Å². The summed E-state index contributed by atoms with van der Waals surface area (Å²) < 4.78 is 2.99. The monoisotopic (exact) mass is 272 g/mol. The molecule has 0 fully saturated rings. The van der Waals surface area contributed by atoms with Gasteiger partial charge in [-0.25, -0.2) is 9.36 Å². The van der Waals surface area contributed by atoms with Crippen LogP contribution in [0.2, 0.25) is 0 Å². The topological polar surface area (TPSA) is 44.0 Å². The molecular formula is C16H20N2O2. The molecule has 0 radical (unpaired) electrons. The zero-order valence-corrected chi connectivity index (χ0v) is 12.4. The summed E-state index contributed by atoms with van der Waals surface area (Å²) in [6.07, 6.45) is 0.721. The van der Waals surface area contributed by atoms with Gasteiger partial charge in [0.2, 0.25) is 5.91 Å². The fourth-order valence-electron chi connectivity index (χ4n) is 2.75. The van der Waals surface area contributed by atoms with E-state index in [0.717, 1.165) is 23.4 Å². The van der Waals surface area contributed by atoms with Crippen molar-refractivity contribution in [2.24, 2.45) is 0 Å². The Morgan fingerprint density at radius 3 is 2.35 bits per heavy atom. The second-order valence-corrected chi connectivity index (χ2v) is 4.98. The Hall–Kier alpha value is -2.10. The van der Waals surface area contributed by atoms with Crippen LogP contribution in [0.1, 0.15) is 48.6 Å². The van der Waals surface area contributed by atoms with Crippen molar-refractivity contribution in [1.29, 1.82) is 0 Å². The summed E-state index contributed by atoms with van der Waals surface area (Å²) in [5, 5.41) is 0. The molecule has 0 bridgehead atoms. The molecule has 0 aliphatic rings. The summed E-state index contributed by atoms with van der Waals surface area (Å²) in [5.74, 6) is -0.235. The average Bonchev–Trinajstić information content (AvgIpc) is 2.69. The first-order chi connectivity index (χ1) is 9.49. The van der Waals surface area contributed by atoms with Gasteiger partial charge >= 0.3 is 5.69 Å². The number of imidazole rings is 1. The molecule has 20 heavy (non-hydrogen) atoms. The largest absolute Gasteiger partial charge is 0.335 e. The third-order valence-electron chi connectivity index (χ3n) is 3.76. The second-order valence-electron chi connectivity index (χ2n) is 4.98. The van der Waals surface area contributed by atoms with Crippen molar-refractivity contribution in [3.05, 3.63) is 57.8 Å². The minimum Gasteiger partial charge on any atom is -0.288 e. The molecule has 0 aliphatic heterocycles. The minimum absolute atomic E-state index is 0.0852. The number of hydrogen-bond donors (Lipinski definition) is 0. The first-order valence-electron chi connectivity index (χ1n) is 6.87. The fourth-order valence-corrected chi connectivity index (χ4v) is 2.75. The van der Waals surface area contributed by atoms with E-state index in [9.17, 15) is 9.59 Å². The van der Waals surface area contributed by atoms with Crippen LogP contribution in [0.5, 0.6) is 0 Å². The van der Waals surface area contributed by atoms with Gasteiger partial charge in [-0.1, -0.05) is 37.3 Å². The molecule has 2 rings (SSSR count). The van der Waals surface area contributed by atoms with Crippen molar-refractivity contribution >= 4 is 5.91 Å². The molecule has 0 spiro atoms. The van der Waals surface area contributed by atoms with Crippen molar-refractivity contribution < 1.29 is 4.79 Å². The Bertz CT molecular complexity index is 680. The Labute approximate surface area is 118 Å². The fraction of sp³-hybridized carbons (Fsp3) is 0.375. The van der Waals surface area contributed by atoms with Gasteiger partial charge in [-0.05, 0) is 25.8 Å². The van der Waals surface area contributed by atoms with E-state index in [0.29, 0.717) is 0 Å². The quantitative estimate of drug-likeness (QED) is 0.862. The molecule has 0 saturated heterocycles. The number of nitrogens with zero attached hydrogens (tertiary/aromatic N) is 2. The summed E-state index contributed by atoms with van der Waals surface area (Å²) in [7, 11) is 0. The molecule has 0 N–H and O–H groups in total. The number of aromatic nitrogens is 2. The van der Waals surface area contributed by atoms with Crippen LogP contribution in [0.4, 0.5) is 0 Å². The van der Waals surface area contributed by atoms with Gasteiger partial charge in [0.05, 0.1) is 6.04 Å². The van der Waals surface area contributed by atoms with Crippen molar-refractivity contribution in [1.82, 2.24) is 9.13 Å². The van der Waals surface area contributed by atoms with E-state index < -0.39 is 0 Å². The third kappa shape index (κ3) is 2.22. The molecule has 1 aromatic carbocycles. The number of hydrogen-bond acceptors (Lipinski definition) is 2. The molecule has 1 heterocycles. The Balaban J connectivity index is 2.66. The molecule has 4 nitrogen and oxygen atoms in total. The van der Waals surface area contributed by atoms with Crippen LogP contribution in [-0.4, -0.2) is 15.0 Å². The van der Waals surface area contributed by atoms with Gasteiger partial charge in [0.1, 0.15) is 0 Å². The minimum atomic E-state index is -0.247. The van der Waals surface area contributed by atoms with Crippen LogP contribution in [-0.2, 0) is 6.42 Å². The molecule has 2 aromatic rings. The molecule has 0 unspecified atom stereocenters. The maximum Gasteiger partial charge on any atom is 0.335 e. The summed E-state index contributed by atoms with van der Waals surface area (Å²) in [5.41, 5.74) is 2.47. The number of rotatable bonds is 3. The van der Waals surface area contributed by atoms with Gasteiger partial charge in [-0.3, -0.25) is 9.36 Å². The highest BCUT2D eigenvalue weighted by atomic mass is 16.2. The van der Waals surface area contributed by atoms with E-state index in [2.05, 4.69) is 0 Å². The highest BCUT2D eigenvalue weighted by Gasteiger charge is 2.22. The lowest BCUT2D eigenvalue weighted by molar-refractivity contribution is 0.0929. The smallest absolute Gasteiger partial charge is 0.288 e. The van der Waals surface area contributed by atoms with Crippen molar-refractivity contribution in [2.45, 2.75) is 40.2 Å². The van der Waals surface area contributed by atoms with Crippen molar-refractivity contribution in [3.8, 4) is 0 Å². The van der Waals surface area contributed by atoms with E-state index in [1.165, 1.54) is 11.5 Å². The Morgan fingerprint density at radius 1 is 1.25 bits per heavy atom. The lowest BCUT2D eigenvalue weighted by atomic mass is 10.1. The van der Waals surface area contributed by atoms with E-state index in [-0.39, 0.29) is 17.6 Å². The number of carbonyl (C=O) groups is 1. The van der Waals surface area contributed by atoms with Gasteiger partial charge in [0.15, 0.2) is 0 Å². The summed E-state index contributed by atoms with van der Waals surface area (Å²) in [6, 6.07) is 9.77. The second kappa shape index (κ2) is 5.49. The zero-order valence-electron chi connectivity index (χ0n) is 12.4. The SMILES string of the molecule is CCc1c(C)n(C(C)=O)c(=O)n1[C@@H](C)c1ccccc1. The predicted octanol–water partition coefficient (Wildman–Crippen LogP) is 2.79. The molecule has 0 aliphatic carbocycles. The molecular weight excluding hydrogens is 252 g/mol. The molecule has 0 saturated carbocycles. The van der Waals surface area contributed by atoms with E-state index in [1.54, 1.807) is 4.57 Å². The van der Waals surface area contributed by atoms with Gasteiger partial charge in [0.25, 0.3) is 0 Å².